The molecule has 1 aromatic rings. The molecule has 0 saturated carbocycles. The Morgan fingerprint density at radius 3 is 2.60 bits per heavy atom. The van der Waals surface area contributed by atoms with Crippen LogP contribution < -0.4 is 5.73 Å². The minimum Gasteiger partial charge on any atom is -0.329 e. The lowest BCUT2D eigenvalue weighted by Crippen LogP contribution is -2.45. The van der Waals surface area contributed by atoms with E-state index in [4.69, 9.17) is 17.3 Å². The van der Waals surface area contributed by atoms with Crippen LogP contribution in [0.2, 0.25) is 5.02 Å². The van der Waals surface area contributed by atoms with Crippen molar-refractivity contribution in [3.05, 3.63) is 29.3 Å². The molecule has 1 aliphatic rings. The Kier molecular flexibility index (Phi) is 5.43. The molecule has 6 heteroatoms. The number of hydrogen-bond acceptors (Lipinski definition) is 4. The number of piperidine rings is 1. The normalized spacial score (nSPS) is 21.0. The van der Waals surface area contributed by atoms with E-state index in [1.807, 2.05) is 0 Å². The summed E-state index contributed by atoms with van der Waals surface area (Å²) in [4.78, 5) is 2.54. The van der Waals surface area contributed by atoms with Crippen LogP contribution in [0.1, 0.15) is 19.3 Å². The average Bonchev–Trinajstić information content (AvgIpc) is 2.46. The number of sulfone groups is 1. The molecule has 0 aromatic heterocycles. The number of hydrogen-bond donors (Lipinski definition) is 1. The third kappa shape index (κ3) is 3.95. The van der Waals surface area contributed by atoms with Crippen LogP contribution in [0, 0.1) is 0 Å². The zero-order chi connectivity index (χ0) is 14.6. The number of halogens is 1. The molecule has 20 heavy (non-hydrogen) atoms. The van der Waals surface area contributed by atoms with Crippen LogP contribution in [-0.4, -0.2) is 44.7 Å². The molecule has 1 fully saturated rings. The minimum atomic E-state index is -3.25. The molecule has 112 valence electrons. The van der Waals surface area contributed by atoms with E-state index < -0.39 is 9.84 Å². The number of rotatable bonds is 5. The van der Waals surface area contributed by atoms with Crippen molar-refractivity contribution in [1.29, 1.82) is 0 Å². The van der Waals surface area contributed by atoms with Crippen molar-refractivity contribution in [2.75, 3.05) is 25.4 Å². The van der Waals surface area contributed by atoms with E-state index in [-0.39, 0.29) is 5.75 Å². The first kappa shape index (κ1) is 15.8. The maximum Gasteiger partial charge on any atom is 0.179 e. The van der Waals surface area contributed by atoms with Gasteiger partial charge in [0.05, 0.1) is 10.6 Å². The minimum absolute atomic E-state index is 0.130. The van der Waals surface area contributed by atoms with Gasteiger partial charge >= 0.3 is 0 Å². The summed E-state index contributed by atoms with van der Waals surface area (Å²) < 4.78 is 24.6. The summed E-state index contributed by atoms with van der Waals surface area (Å²) in [6, 6.07) is 6.67. The van der Waals surface area contributed by atoms with E-state index >= 15 is 0 Å². The van der Waals surface area contributed by atoms with Gasteiger partial charge in [-0.3, -0.25) is 4.90 Å². The van der Waals surface area contributed by atoms with Gasteiger partial charge in [-0.2, -0.15) is 0 Å². The van der Waals surface area contributed by atoms with Crippen molar-refractivity contribution in [3.63, 3.8) is 0 Å². The summed E-state index contributed by atoms with van der Waals surface area (Å²) in [7, 11) is -3.25. The monoisotopic (exact) mass is 316 g/mol. The molecule has 0 aliphatic carbocycles. The van der Waals surface area contributed by atoms with Gasteiger partial charge in [-0.25, -0.2) is 8.42 Å². The molecule has 0 amide bonds. The van der Waals surface area contributed by atoms with Crippen molar-refractivity contribution in [1.82, 2.24) is 4.90 Å². The number of likely N-dealkylation sites (tertiary alicyclic amines) is 1. The zero-order valence-corrected chi connectivity index (χ0v) is 13.0. The summed E-state index contributed by atoms with van der Waals surface area (Å²) in [6.45, 7) is 2.09. The Labute approximate surface area is 125 Å². The molecule has 0 spiro atoms. The second-order valence-corrected chi connectivity index (χ2v) is 7.74. The largest absolute Gasteiger partial charge is 0.329 e. The highest BCUT2D eigenvalue weighted by molar-refractivity contribution is 7.91. The molecule has 1 atom stereocenters. The molecule has 2 N–H and O–H groups in total. The van der Waals surface area contributed by atoms with Crippen LogP contribution in [-0.2, 0) is 9.84 Å². The topological polar surface area (TPSA) is 63.4 Å². The lowest BCUT2D eigenvalue weighted by atomic mass is 10.0. The Hall–Kier alpha value is -0.620. The van der Waals surface area contributed by atoms with Gasteiger partial charge in [0.2, 0.25) is 0 Å². The van der Waals surface area contributed by atoms with Crippen molar-refractivity contribution in [2.24, 2.45) is 5.73 Å². The molecule has 1 aromatic carbocycles. The molecular weight excluding hydrogens is 296 g/mol. The van der Waals surface area contributed by atoms with E-state index in [0.29, 0.717) is 29.0 Å². The van der Waals surface area contributed by atoms with Crippen LogP contribution in [0.3, 0.4) is 0 Å². The summed E-state index contributed by atoms with van der Waals surface area (Å²) in [5.41, 5.74) is 5.75. The lowest BCUT2D eigenvalue weighted by Gasteiger charge is -2.34. The fraction of sp³-hybridized carbons (Fsp3) is 0.571. The van der Waals surface area contributed by atoms with Gasteiger partial charge in [-0.05, 0) is 43.7 Å². The summed E-state index contributed by atoms with van der Waals surface area (Å²) in [6.07, 6.45) is 3.37. The molecular formula is C14H21ClN2O2S. The first-order valence-electron chi connectivity index (χ1n) is 6.95. The Morgan fingerprint density at radius 2 is 1.95 bits per heavy atom. The van der Waals surface area contributed by atoms with Crippen LogP contribution in [0.15, 0.2) is 29.2 Å². The van der Waals surface area contributed by atoms with Gasteiger partial charge in [0, 0.05) is 24.2 Å². The van der Waals surface area contributed by atoms with E-state index in [9.17, 15) is 8.42 Å². The average molecular weight is 317 g/mol. The van der Waals surface area contributed by atoms with E-state index in [2.05, 4.69) is 4.90 Å². The summed E-state index contributed by atoms with van der Waals surface area (Å²) >= 11 is 5.78. The Bertz CT molecular complexity index is 531. The second-order valence-electron chi connectivity index (χ2n) is 5.19. The van der Waals surface area contributed by atoms with Gasteiger partial charge in [-0.1, -0.05) is 18.0 Å². The third-order valence-electron chi connectivity index (χ3n) is 3.84. The van der Waals surface area contributed by atoms with Crippen LogP contribution in [0.5, 0.6) is 0 Å². The maximum atomic E-state index is 12.3. The van der Waals surface area contributed by atoms with Gasteiger partial charge < -0.3 is 5.73 Å². The highest BCUT2D eigenvalue weighted by Gasteiger charge is 2.23. The molecule has 4 nitrogen and oxygen atoms in total. The molecule has 0 bridgehead atoms. The smallest absolute Gasteiger partial charge is 0.179 e. The first-order valence-corrected chi connectivity index (χ1v) is 8.98. The van der Waals surface area contributed by atoms with Crippen molar-refractivity contribution in [2.45, 2.75) is 30.2 Å². The molecule has 1 heterocycles. The lowest BCUT2D eigenvalue weighted by molar-refractivity contribution is 0.162. The van der Waals surface area contributed by atoms with Gasteiger partial charge in [-0.15, -0.1) is 0 Å². The molecule has 0 radical (unpaired) electrons. The molecule has 1 unspecified atom stereocenters. The van der Waals surface area contributed by atoms with E-state index in [1.54, 1.807) is 24.3 Å². The SMILES string of the molecule is NCC1CCCCN1CCS(=O)(=O)c1ccc(Cl)cc1. The van der Waals surface area contributed by atoms with Crippen LogP contribution in [0.25, 0.3) is 0 Å². The Balaban J connectivity index is 1.99. The number of nitrogens with two attached hydrogens (primary N) is 1. The second kappa shape index (κ2) is 6.89. The van der Waals surface area contributed by atoms with E-state index in [0.717, 1.165) is 19.4 Å². The molecule has 2 rings (SSSR count). The standard InChI is InChI=1S/C14H21ClN2O2S/c15-12-4-6-14(7-5-12)20(18,19)10-9-17-8-2-1-3-13(17)11-16/h4-7,13H,1-3,8-11,16H2. The van der Waals surface area contributed by atoms with Gasteiger partial charge in [0.25, 0.3) is 0 Å². The predicted octanol–water partition coefficient (Wildman–Crippen LogP) is 1.93. The Morgan fingerprint density at radius 1 is 1.25 bits per heavy atom. The molecule has 1 saturated heterocycles. The van der Waals surface area contributed by atoms with Crippen LogP contribution in [0.4, 0.5) is 0 Å². The zero-order valence-electron chi connectivity index (χ0n) is 11.5. The van der Waals surface area contributed by atoms with Crippen molar-refractivity contribution >= 4 is 21.4 Å². The fourth-order valence-electron chi connectivity index (χ4n) is 2.62. The number of benzene rings is 1. The predicted molar refractivity (Wildman–Crippen MR) is 81.8 cm³/mol. The quantitative estimate of drug-likeness (QED) is 0.901. The molecule has 1 aliphatic heterocycles. The van der Waals surface area contributed by atoms with Gasteiger partial charge in [0.1, 0.15) is 0 Å². The highest BCUT2D eigenvalue weighted by Crippen LogP contribution is 2.18. The highest BCUT2D eigenvalue weighted by atomic mass is 35.5. The van der Waals surface area contributed by atoms with Crippen molar-refractivity contribution < 1.29 is 8.42 Å². The van der Waals surface area contributed by atoms with Crippen LogP contribution >= 0.6 is 11.6 Å². The summed E-state index contributed by atoms with van der Waals surface area (Å²) in [5.74, 6) is 0.130. The van der Waals surface area contributed by atoms with Crippen molar-refractivity contribution in [3.8, 4) is 0 Å². The number of nitrogens with zero attached hydrogens (tertiary/aromatic N) is 1. The summed E-state index contributed by atoms with van der Waals surface area (Å²) in [5, 5.41) is 0.545. The fourth-order valence-corrected chi connectivity index (χ4v) is 4.01. The maximum absolute atomic E-state index is 12.3. The van der Waals surface area contributed by atoms with Gasteiger partial charge in [0.15, 0.2) is 9.84 Å². The first-order chi connectivity index (χ1) is 9.53. The third-order valence-corrected chi connectivity index (χ3v) is 5.80. The van der Waals surface area contributed by atoms with E-state index in [1.165, 1.54) is 6.42 Å².